The predicted octanol–water partition coefficient (Wildman–Crippen LogP) is 1.81. The maximum Gasteiger partial charge on any atom is 0.227 e. The molecule has 0 saturated carbocycles. The van der Waals surface area contributed by atoms with Crippen LogP contribution in [0.25, 0.3) is 0 Å². The average molecular weight is 431 g/mol. The Morgan fingerprint density at radius 1 is 1.16 bits per heavy atom. The van der Waals surface area contributed by atoms with Crippen LogP contribution in [0.15, 0.2) is 27.4 Å². The minimum Gasteiger partial charge on any atom is -0.502 e. The highest BCUT2D eigenvalue weighted by Crippen LogP contribution is 2.44. The molecule has 4 rings (SSSR count). The Kier molecular flexibility index (Phi) is 6.03. The van der Waals surface area contributed by atoms with E-state index >= 15 is 0 Å². The second-order valence-electron chi connectivity index (χ2n) is 7.43. The summed E-state index contributed by atoms with van der Waals surface area (Å²) in [5.74, 6) is 0.379. The van der Waals surface area contributed by atoms with E-state index in [2.05, 4.69) is 0 Å². The Morgan fingerprint density at radius 3 is 2.65 bits per heavy atom. The second kappa shape index (κ2) is 8.89. The highest BCUT2D eigenvalue weighted by molar-refractivity contribution is 5.78. The van der Waals surface area contributed by atoms with E-state index in [0.717, 1.165) is 0 Å². The molecule has 9 heteroatoms. The molecular formula is C22H25NO8. The van der Waals surface area contributed by atoms with Crippen molar-refractivity contribution in [2.45, 2.75) is 19.3 Å². The van der Waals surface area contributed by atoms with E-state index in [1.807, 2.05) is 0 Å². The summed E-state index contributed by atoms with van der Waals surface area (Å²) in [5, 5.41) is 10.5. The van der Waals surface area contributed by atoms with Gasteiger partial charge in [-0.25, -0.2) is 0 Å². The fraction of sp³-hybridized carbons (Fsp3) is 0.455. The average Bonchev–Trinajstić information content (AvgIpc) is 2.79. The van der Waals surface area contributed by atoms with Gasteiger partial charge in [-0.15, -0.1) is 0 Å². The van der Waals surface area contributed by atoms with Crippen LogP contribution in [0.3, 0.4) is 0 Å². The number of nitrogens with zero attached hydrogens (tertiary/aromatic N) is 1. The number of aryl methyl sites for hydroxylation is 1. The maximum absolute atomic E-state index is 13.1. The quantitative estimate of drug-likeness (QED) is 0.764. The lowest BCUT2D eigenvalue weighted by Crippen LogP contribution is -2.41. The highest BCUT2D eigenvalue weighted by Gasteiger charge is 2.31. The molecule has 2 aromatic rings. The molecule has 0 bridgehead atoms. The van der Waals surface area contributed by atoms with Crippen molar-refractivity contribution >= 4 is 5.91 Å². The summed E-state index contributed by atoms with van der Waals surface area (Å²) in [6, 6.07) is 4.66. The number of ether oxygens (including phenoxy) is 4. The van der Waals surface area contributed by atoms with Crippen molar-refractivity contribution in [3.8, 4) is 23.0 Å². The van der Waals surface area contributed by atoms with Gasteiger partial charge in [0.25, 0.3) is 0 Å². The first-order valence-corrected chi connectivity index (χ1v) is 10.1. The Hall–Kier alpha value is -3.20. The van der Waals surface area contributed by atoms with Gasteiger partial charge in [-0.3, -0.25) is 9.59 Å². The summed E-state index contributed by atoms with van der Waals surface area (Å²) < 4.78 is 27.9. The number of fused-ring (bicyclic) bond motifs is 1. The molecule has 0 radical (unpaired) electrons. The van der Waals surface area contributed by atoms with Crippen molar-refractivity contribution < 1.29 is 33.3 Å². The number of amides is 1. The second-order valence-corrected chi connectivity index (χ2v) is 7.43. The molecule has 9 nitrogen and oxygen atoms in total. The molecule has 1 N–H and O–H groups in total. The van der Waals surface area contributed by atoms with Crippen LogP contribution in [0, 0.1) is 6.92 Å². The summed E-state index contributed by atoms with van der Waals surface area (Å²) in [7, 11) is 1.51. The zero-order chi connectivity index (χ0) is 22.0. The van der Waals surface area contributed by atoms with Gasteiger partial charge >= 0.3 is 0 Å². The molecule has 1 saturated heterocycles. The zero-order valence-electron chi connectivity index (χ0n) is 17.5. The fourth-order valence-corrected chi connectivity index (χ4v) is 3.83. The molecule has 166 valence electrons. The summed E-state index contributed by atoms with van der Waals surface area (Å²) in [4.78, 5) is 27.0. The van der Waals surface area contributed by atoms with E-state index < -0.39 is 17.1 Å². The molecule has 0 spiro atoms. The molecule has 0 unspecified atom stereocenters. The summed E-state index contributed by atoms with van der Waals surface area (Å²) >= 11 is 0. The smallest absolute Gasteiger partial charge is 0.227 e. The molecule has 1 amide bonds. The van der Waals surface area contributed by atoms with Crippen LogP contribution in [0.5, 0.6) is 23.0 Å². The van der Waals surface area contributed by atoms with E-state index in [9.17, 15) is 14.7 Å². The van der Waals surface area contributed by atoms with Crippen molar-refractivity contribution in [2.75, 3.05) is 46.6 Å². The molecule has 0 aliphatic carbocycles. The first kappa shape index (κ1) is 21.0. The van der Waals surface area contributed by atoms with Crippen LogP contribution in [0.4, 0.5) is 0 Å². The Morgan fingerprint density at radius 2 is 1.90 bits per heavy atom. The monoisotopic (exact) mass is 431 g/mol. The van der Waals surface area contributed by atoms with Gasteiger partial charge in [-0.2, -0.15) is 0 Å². The lowest BCUT2D eigenvalue weighted by molar-refractivity contribution is -0.135. The largest absolute Gasteiger partial charge is 0.502 e. The molecule has 31 heavy (non-hydrogen) atoms. The van der Waals surface area contributed by atoms with Crippen molar-refractivity contribution in [1.82, 2.24) is 4.90 Å². The van der Waals surface area contributed by atoms with Gasteiger partial charge in [-0.05, 0) is 24.6 Å². The molecule has 2 aliphatic rings. The normalized spacial score (nSPS) is 16.6. The third kappa shape index (κ3) is 4.32. The predicted molar refractivity (Wildman–Crippen MR) is 109 cm³/mol. The molecular weight excluding hydrogens is 406 g/mol. The SMILES string of the molecule is COc1cc([C@H](CC(=O)N2CCOCC2)c2oc(C)cc(=O)c2O)cc2c1OCCO2. The fourth-order valence-electron chi connectivity index (χ4n) is 3.83. The van der Waals surface area contributed by atoms with Crippen LogP contribution in [0.2, 0.25) is 0 Å². The van der Waals surface area contributed by atoms with Gasteiger partial charge in [0.15, 0.2) is 17.3 Å². The van der Waals surface area contributed by atoms with E-state index in [1.165, 1.54) is 13.2 Å². The molecule has 1 fully saturated rings. The maximum atomic E-state index is 13.1. The van der Waals surface area contributed by atoms with Crippen LogP contribution >= 0.6 is 0 Å². The number of rotatable bonds is 5. The van der Waals surface area contributed by atoms with E-state index in [1.54, 1.807) is 24.0 Å². The van der Waals surface area contributed by atoms with Gasteiger partial charge in [0.1, 0.15) is 19.0 Å². The minimum absolute atomic E-state index is 0.0112. The van der Waals surface area contributed by atoms with Crippen LogP contribution in [-0.4, -0.2) is 62.5 Å². The Balaban J connectivity index is 1.79. The summed E-state index contributed by atoms with van der Waals surface area (Å²) in [6.45, 7) is 4.31. The third-order valence-electron chi connectivity index (χ3n) is 5.38. The summed E-state index contributed by atoms with van der Waals surface area (Å²) in [5.41, 5.74) is 0.0406. The zero-order valence-corrected chi connectivity index (χ0v) is 17.5. The highest BCUT2D eigenvalue weighted by atomic mass is 16.6. The number of carbonyl (C=O) groups is 1. The van der Waals surface area contributed by atoms with Crippen LogP contribution in [0.1, 0.15) is 29.4 Å². The minimum atomic E-state index is -0.729. The van der Waals surface area contributed by atoms with Crippen molar-refractivity contribution in [2.24, 2.45) is 0 Å². The molecule has 2 aliphatic heterocycles. The number of methoxy groups -OCH3 is 1. The van der Waals surface area contributed by atoms with Crippen molar-refractivity contribution in [3.63, 3.8) is 0 Å². The molecule has 1 aromatic heterocycles. The standard InChI is InChI=1S/C22H25NO8/c1-13-9-16(24)20(26)21(31-13)15(12-19(25)23-3-5-28-6-4-23)14-10-17(27-2)22-18(11-14)29-7-8-30-22/h9-11,15,26H,3-8,12H2,1-2H3/t15-/m0/s1. The summed E-state index contributed by atoms with van der Waals surface area (Å²) in [6.07, 6.45) is -0.0112. The van der Waals surface area contributed by atoms with Gasteiger partial charge in [0.05, 0.1) is 26.2 Å². The number of aromatic hydroxyl groups is 1. The third-order valence-corrected chi connectivity index (χ3v) is 5.38. The van der Waals surface area contributed by atoms with Gasteiger partial charge in [0, 0.05) is 25.6 Å². The number of carbonyl (C=O) groups excluding carboxylic acids is 1. The van der Waals surface area contributed by atoms with Gasteiger partial charge in [0.2, 0.25) is 22.8 Å². The van der Waals surface area contributed by atoms with Crippen LogP contribution in [-0.2, 0) is 9.53 Å². The van der Waals surface area contributed by atoms with E-state index in [4.69, 9.17) is 23.4 Å². The first-order chi connectivity index (χ1) is 15.0. The topological polar surface area (TPSA) is 108 Å². The number of hydrogen-bond donors (Lipinski definition) is 1. The van der Waals surface area contributed by atoms with E-state index in [-0.39, 0.29) is 18.1 Å². The molecule has 1 atom stereocenters. The Bertz CT molecular complexity index is 1010. The van der Waals surface area contributed by atoms with Gasteiger partial charge < -0.3 is 33.4 Å². The van der Waals surface area contributed by atoms with Crippen molar-refractivity contribution in [3.05, 3.63) is 45.5 Å². The Labute approximate surface area is 179 Å². The molecule has 3 heterocycles. The number of morpholine rings is 1. The lowest BCUT2D eigenvalue weighted by Gasteiger charge is -2.29. The van der Waals surface area contributed by atoms with Crippen LogP contribution < -0.4 is 19.6 Å². The van der Waals surface area contributed by atoms with Gasteiger partial charge in [-0.1, -0.05) is 0 Å². The van der Waals surface area contributed by atoms with E-state index in [0.29, 0.717) is 68.1 Å². The van der Waals surface area contributed by atoms with Crippen molar-refractivity contribution in [1.29, 1.82) is 0 Å². The lowest BCUT2D eigenvalue weighted by atomic mass is 9.90. The first-order valence-electron chi connectivity index (χ1n) is 10.1. The molecule has 1 aromatic carbocycles. The number of hydrogen-bond acceptors (Lipinski definition) is 8. The number of benzene rings is 1.